The summed E-state index contributed by atoms with van der Waals surface area (Å²) in [4.78, 5) is 17.6. The fourth-order valence-electron chi connectivity index (χ4n) is 2.97. The highest BCUT2D eigenvalue weighted by Gasteiger charge is 2.25. The Hall–Kier alpha value is -2.52. The molecule has 126 valence electrons. The van der Waals surface area contributed by atoms with Crippen molar-refractivity contribution in [2.24, 2.45) is 14.1 Å². The molecule has 3 aromatic heterocycles. The van der Waals surface area contributed by atoms with Gasteiger partial charge in [-0.05, 0) is 6.92 Å². The summed E-state index contributed by atoms with van der Waals surface area (Å²) in [7, 11) is 3.86. The second kappa shape index (κ2) is 5.53. The summed E-state index contributed by atoms with van der Waals surface area (Å²) in [5.74, 6) is 2.11. The average Bonchev–Trinajstić information content (AvgIpc) is 3.21. The van der Waals surface area contributed by atoms with E-state index in [9.17, 15) is 5.21 Å². The smallest absolute Gasteiger partial charge is 0.245 e. The van der Waals surface area contributed by atoms with Crippen LogP contribution in [-0.2, 0) is 14.1 Å². The predicted octanol–water partition coefficient (Wildman–Crippen LogP) is 0.915. The molecular formula is C15H19N7O2. The molecule has 1 saturated heterocycles. The van der Waals surface area contributed by atoms with Gasteiger partial charge in [-0.25, -0.2) is 15.0 Å². The molecule has 1 unspecified atom stereocenters. The molecule has 0 radical (unpaired) electrons. The van der Waals surface area contributed by atoms with E-state index < -0.39 is 0 Å². The molecule has 0 aromatic carbocycles. The van der Waals surface area contributed by atoms with E-state index in [0.29, 0.717) is 30.1 Å². The summed E-state index contributed by atoms with van der Waals surface area (Å²) in [6.07, 6.45) is 3.93. The van der Waals surface area contributed by atoms with Gasteiger partial charge in [-0.1, -0.05) is 0 Å². The molecule has 1 atom stereocenters. The number of aryl methyl sites for hydroxylation is 2. The number of nitrogens with zero attached hydrogens (tertiary/aromatic N) is 7. The van der Waals surface area contributed by atoms with Crippen molar-refractivity contribution in [3.05, 3.63) is 18.3 Å². The lowest BCUT2D eigenvalue weighted by Gasteiger charge is -2.11. The standard InChI is InChI=1S/C15H19N7O2/c1-9-16-6-11(20(9)2)13-19-12-14(21(13)3)17-8-18-15(12)24-10-4-5-22(23)7-10/h6,8,10,23H,4-5,7H2,1-3H3. The van der Waals surface area contributed by atoms with E-state index in [4.69, 9.17) is 9.72 Å². The lowest BCUT2D eigenvalue weighted by Crippen LogP contribution is -2.22. The molecule has 0 amide bonds. The lowest BCUT2D eigenvalue weighted by atomic mass is 10.3. The molecule has 0 aliphatic carbocycles. The minimum Gasteiger partial charge on any atom is -0.471 e. The van der Waals surface area contributed by atoms with Crippen molar-refractivity contribution < 1.29 is 9.94 Å². The highest BCUT2D eigenvalue weighted by Crippen LogP contribution is 2.28. The van der Waals surface area contributed by atoms with Crippen molar-refractivity contribution >= 4 is 11.2 Å². The fourth-order valence-corrected chi connectivity index (χ4v) is 2.97. The van der Waals surface area contributed by atoms with Crippen LogP contribution in [0.3, 0.4) is 0 Å². The number of imidazole rings is 2. The minimum atomic E-state index is -0.0995. The molecule has 9 heteroatoms. The van der Waals surface area contributed by atoms with Crippen LogP contribution in [0.25, 0.3) is 22.7 Å². The molecule has 9 nitrogen and oxygen atoms in total. The van der Waals surface area contributed by atoms with E-state index in [2.05, 4.69) is 15.0 Å². The normalized spacial score (nSPS) is 18.6. The maximum absolute atomic E-state index is 9.51. The second-order valence-electron chi connectivity index (χ2n) is 6.04. The lowest BCUT2D eigenvalue weighted by molar-refractivity contribution is -0.0746. The first-order chi connectivity index (χ1) is 11.5. The van der Waals surface area contributed by atoms with E-state index >= 15 is 0 Å². The van der Waals surface area contributed by atoms with Gasteiger partial charge in [0.25, 0.3) is 0 Å². The van der Waals surface area contributed by atoms with Crippen molar-refractivity contribution in [1.29, 1.82) is 0 Å². The van der Waals surface area contributed by atoms with Gasteiger partial charge >= 0.3 is 0 Å². The van der Waals surface area contributed by atoms with Crippen molar-refractivity contribution in [2.75, 3.05) is 13.1 Å². The Morgan fingerprint density at radius 3 is 2.71 bits per heavy atom. The maximum Gasteiger partial charge on any atom is 0.245 e. The third-order valence-corrected chi connectivity index (χ3v) is 4.47. The first kappa shape index (κ1) is 15.0. The van der Waals surface area contributed by atoms with Gasteiger partial charge in [0.15, 0.2) is 17.0 Å². The Kier molecular flexibility index (Phi) is 3.47. The molecule has 4 rings (SSSR count). The average molecular weight is 329 g/mol. The van der Waals surface area contributed by atoms with Crippen LogP contribution in [0.15, 0.2) is 12.5 Å². The Bertz CT molecular complexity index is 901. The van der Waals surface area contributed by atoms with E-state index in [-0.39, 0.29) is 6.10 Å². The third-order valence-electron chi connectivity index (χ3n) is 4.47. The Morgan fingerprint density at radius 1 is 1.21 bits per heavy atom. The van der Waals surface area contributed by atoms with E-state index in [0.717, 1.165) is 23.8 Å². The SMILES string of the molecule is Cc1ncc(-c2nc3c(OC4CCN(O)C4)ncnc3n2C)n1C. The molecule has 1 aliphatic heterocycles. The number of hydrogen-bond donors (Lipinski definition) is 1. The van der Waals surface area contributed by atoms with Crippen LogP contribution < -0.4 is 4.74 Å². The zero-order valence-electron chi connectivity index (χ0n) is 13.8. The number of hydroxylamine groups is 2. The number of ether oxygens (including phenoxy) is 1. The van der Waals surface area contributed by atoms with Crippen molar-refractivity contribution in [3.8, 4) is 17.4 Å². The number of hydrogen-bond acceptors (Lipinski definition) is 7. The van der Waals surface area contributed by atoms with Gasteiger partial charge in [0.05, 0.1) is 12.7 Å². The van der Waals surface area contributed by atoms with Crippen molar-refractivity contribution in [1.82, 2.24) is 34.1 Å². The summed E-state index contributed by atoms with van der Waals surface area (Å²) >= 11 is 0. The highest BCUT2D eigenvalue weighted by atomic mass is 16.5. The number of aromatic nitrogens is 6. The zero-order valence-corrected chi connectivity index (χ0v) is 13.8. The van der Waals surface area contributed by atoms with Crippen LogP contribution in [0.4, 0.5) is 0 Å². The van der Waals surface area contributed by atoms with Crippen LogP contribution in [0.5, 0.6) is 5.88 Å². The van der Waals surface area contributed by atoms with Crippen molar-refractivity contribution in [2.45, 2.75) is 19.4 Å². The summed E-state index contributed by atoms with van der Waals surface area (Å²) in [5.41, 5.74) is 2.22. The summed E-state index contributed by atoms with van der Waals surface area (Å²) in [5, 5.41) is 10.8. The third kappa shape index (κ3) is 2.33. The van der Waals surface area contributed by atoms with Crippen LogP contribution in [0, 0.1) is 6.92 Å². The maximum atomic E-state index is 9.51. The van der Waals surface area contributed by atoms with Gasteiger partial charge in [-0.2, -0.15) is 10.0 Å². The van der Waals surface area contributed by atoms with Gasteiger partial charge in [-0.3, -0.25) is 0 Å². The van der Waals surface area contributed by atoms with Crippen LogP contribution in [0.2, 0.25) is 0 Å². The molecule has 1 aliphatic rings. The van der Waals surface area contributed by atoms with Gasteiger partial charge in [0.2, 0.25) is 5.88 Å². The van der Waals surface area contributed by atoms with Crippen molar-refractivity contribution in [3.63, 3.8) is 0 Å². The van der Waals surface area contributed by atoms with Gasteiger partial charge in [-0.15, -0.1) is 0 Å². The predicted molar refractivity (Wildman–Crippen MR) is 85.6 cm³/mol. The topological polar surface area (TPSA) is 94.1 Å². The van der Waals surface area contributed by atoms with E-state index in [1.54, 1.807) is 6.20 Å². The summed E-state index contributed by atoms with van der Waals surface area (Å²) in [6, 6.07) is 0. The fraction of sp³-hybridized carbons (Fsp3) is 0.467. The highest BCUT2D eigenvalue weighted by molar-refractivity contribution is 5.80. The van der Waals surface area contributed by atoms with Gasteiger partial charge in [0, 0.05) is 27.1 Å². The second-order valence-corrected chi connectivity index (χ2v) is 6.04. The Balaban J connectivity index is 1.77. The molecule has 0 spiro atoms. The molecule has 3 aromatic rings. The quantitative estimate of drug-likeness (QED) is 0.763. The largest absolute Gasteiger partial charge is 0.471 e. The zero-order chi connectivity index (χ0) is 16.8. The molecule has 1 fully saturated rings. The Labute approximate surface area is 138 Å². The monoisotopic (exact) mass is 329 g/mol. The van der Waals surface area contributed by atoms with E-state index in [1.165, 1.54) is 11.4 Å². The first-order valence-electron chi connectivity index (χ1n) is 7.81. The van der Waals surface area contributed by atoms with Crippen LogP contribution in [-0.4, -0.2) is 58.5 Å². The molecule has 1 N–H and O–H groups in total. The minimum absolute atomic E-state index is 0.0995. The Morgan fingerprint density at radius 2 is 2.04 bits per heavy atom. The summed E-state index contributed by atoms with van der Waals surface area (Å²) in [6.45, 7) is 3.01. The number of fused-ring (bicyclic) bond motifs is 1. The number of rotatable bonds is 3. The molecular weight excluding hydrogens is 310 g/mol. The molecule has 24 heavy (non-hydrogen) atoms. The summed E-state index contributed by atoms with van der Waals surface area (Å²) < 4.78 is 9.84. The van der Waals surface area contributed by atoms with Gasteiger partial charge < -0.3 is 19.1 Å². The van der Waals surface area contributed by atoms with Crippen LogP contribution in [0.1, 0.15) is 12.2 Å². The molecule has 4 heterocycles. The van der Waals surface area contributed by atoms with Gasteiger partial charge in [0.1, 0.15) is 23.9 Å². The molecule has 0 saturated carbocycles. The van der Waals surface area contributed by atoms with Crippen LogP contribution >= 0.6 is 0 Å². The first-order valence-corrected chi connectivity index (χ1v) is 7.81. The van der Waals surface area contributed by atoms with E-state index in [1.807, 2.05) is 30.2 Å². The molecule has 0 bridgehead atoms.